The highest BCUT2D eigenvalue weighted by Crippen LogP contribution is 2.24. The predicted octanol–water partition coefficient (Wildman–Crippen LogP) is 3.38. The van der Waals surface area contributed by atoms with Gasteiger partial charge in [-0.2, -0.15) is 14.6 Å². The average Bonchev–Trinajstić information content (AvgIpc) is 2.88. The third-order valence-electron chi connectivity index (χ3n) is 3.17. The summed E-state index contributed by atoms with van der Waals surface area (Å²) in [5, 5.41) is 5.48. The van der Waals surface area contributed by atoms with Crippen LogP contribution in [0.25, 0.3) is 5.78 Å². The lowest BCUT2D eigenvalue weighted by atomic mass is 10.2. The highest BCUT2D eigenvalue weighted by atomic mass is 35.5. The zero-order valence-electron chi connectivity index (χ0n) is 11.6. The zero-order chi connectivity index (χ0) is 15.0. The fourth-order valence-electron chi connectivity index (χ4n) is 2.17. The van der Waals surface area contributed by atoms with Crippen LogP contribution in [0, 0.1) is 6.92 Å². The first-order valence-electron chi connectivity index (χ1n) is 6.37. The van der Waals surface area contributed by atoms with Gasteiger partial charge in [0.05, 0.1) is 0 Å². The predicted molar refractivity (Wildman–Crippen MR) is 84.1 cm³/mol. The molecule has 1 aromatic carbocycles. The first kappa shape index (κ1) is 14.1. The molecule has 0 saturated carbocycles. The van der Waals surface area contributed by atoms with Gasteiger partial charge in [0.1, 0.15) is 12.1 Å². The lowest BCUT2D eigenvalue weighted by molar-refractivity contribution is 0.827. The second-order valence-corrected chi connectivity index (χ2v) is 5.66. The van der Waals surface area contributed by atoms with E-state index in [2.05, 4.69) is 15.1 Å². The molecule has 7 heteroatoms. The molecule has 0 unspecified atom stereocenters. The van der Waals surface area contributed by atoms with Gasteiger partial charge >= 0.3 is 0 Å². The Morgan fingerprint density at radius 3 is 2.81 bits per heavy atom. The Balaban J connectivity index is 1.97. The summed E-state index contributed by atoms with van der Waals surface area (Å²) in [6.07, 6.45) is 1.49. The van der Waals surface area contributed by atoms with Gasteiger partial charge < -0.3 is 4.90 Å². The van der Waals surface area contributed by atoms with Crippen LogP contribution in [0.2, 0.25) is 10.0 Å². The number of hydrogen-bond donors (Lipinski definition) is 0. The van der Waals surface area contributed by atoms with Crippen LogP contribution in [-0.4, -0.2) is 26.6 Å². The van der Waals surface area contributed by atoms with E-state index in [1.165, 1.54) is 6.33 Å². The molecule has 0 spiro atoms. The van der Waals surface area contributed by atoms with E-state index in [9.17, 15) is 0 Å². The summed E-state index contributed by atoms with van der Waals surface area (Å²) in [4.78, 5) is 10.5. The molecule has 0 saturated heterocycles. The number of aromatic nitrogens is 4. The Labute approximate surface area is 132 Å². The Kier molecular flexibility index (Phi) is 3.69. The van der Waals surface area contributed by atoms with E-state index in [0.29, 0.717) is 22.4 Å². The molecule has 0 radical (unpaired) electrons. The first-order valence-corrected chi connectivity index (χ1v) is 7.12. The first-order chi connectivity index (χ1) is 10.0. The fraction of sp³-hybridized carbons (Fsp3) is 0.214. The minimum atomic E-state index is 0.582. The van der Waals surface area contributed by atoms with Crippen LogP contribution < -0.4 is 4.90 Å². The molecular formula is C14H13Cl2N5. The van der Waals surface area contributed by atoms with Gasteiger partial charge in [0.15, 0.2) is 0 Å². The number of anilines is 1. The van der Waals surface area contributed by atoms with Gasteiger partial charge in [-0.05, 0) is 24.6 Å². The third-order valence-corrected chi connectivity index (χ3v) is 3.76. The van der Waals surface area contributed by atoms with Crippen molar-refractivity contribution in [2.75, 3.05) is 11.9 Å². The van der Waals surface area contributed by atoms with Crippen molar-refractivity contribution in [2.24, 2.45) is 0 Å². The van der Waals surface area contributed by atoms with Gasteiger partial charge in [-0.1, -0.05) is 29.3 Å². The van der Waals surface area contributed by atoms with Crippen LogP contribution in [0.1, 0.15) is 11.3 Å². The quantitative estimate of drug-likeness (QED) is 0.742. The largest absolute Gasteiger partial charge is 0.355 e. The van der Waals surface area contributed by atoms with E-state index in [1.807, 2.05) is 37.1 Å². The van der Waals surface area contributed by atoms with Crippen molar-refractivity contribution < 1.29 is 0 Å². The second kappa shape index (κ2) is 5.50. The summed E-state index contributed by atoms with van der Waals surface area (Å²) in [7, 11) is 1.97. The maximum atomic E-state index is 6.23. The second-order valence-electron chi connectivity index (χ2n) is 4.82. The summed E-state index contributed by atoms with van der Waals surface area (Å²) in [6.45, 7) is 2.57. The molecule has 0 aliphatic rings. The third kappa shape index (κ3) is 2.80. The zero-order valence-corrected chi connectivity index (χ0v) is 13.1. The molecule has 0 amide bonds. The summed E-state index contributed by atoms with van der Waals surface area (Å²) >= 11 is 12.2. The van der Waals surface area contributed by atoms with Crippen LogP contribution in [0.4, 0.5) is 5.82 Å². The maximum absolute atomic E-state index is 6.23. The van der Waals surface area contributed by atoms with Crippen molar-refractivity contribution in [1.82, 2.24) is 19.6 Å². The van der Waals surface area contributed by atoms with Crippen LogP contribution in [0.15, 0.2) is 30.6 Å². The summed E-state index contributed by atoms with van der Waals surface area (Å²) in [5.41, 5.74) is 1.88. The molecule has 0 fully saturated rings. The molecule has 2 heterocycles. The topological polar surface area (TPSA) is 46.3 Å². The number of hydrogen-bond acceptors (Lipinski definition) is 4. The molecule has 2 aromatic heterocycles. The number of fused-ring (bicyclic) bond motifs is 1. The minimum Gasteiger partial charge on any atom is -0.355 e. The number of aryl methyl sites for hydroxylation is 1. The number of halogens is 2. The molecule has 3 rings (SSSR count). The van der Waals surface area contributed by atoms with E-state index >= 15 is 0 Å². The molecule has 3 aromatic rings. The Morgan fingerprint density at radius 2 is 2.05 bits per heavy atom. The Hall–Kier alpha value is -1.85. The van der Waals surface area contributed by atoms with E-state index < -0.39 is 0 Å². The van der Waals surface area contributed by atoms with Gasteiger partial charge in [-0.3, -0.25) is 0 Å². The lowest BCUT2D eigenvalue weighted by Gasteiger charge is -2.20. The van der Waals surface area contributed by atoms with E-state index in [0.717, 1.165) is 17.1 Å². The highest BCUT2D eigenvalue weighted by molar-refractivity contribution is 6.35. The maximum Gasteiger partial charge on any atom is 0.254 e. The van der Waals surface area contributed by atoms with E-state index in [1.54, 1.807) is 10.6 Å². The van der Waals surface area contributed by atoms with Crippen molar-refractivity contribution in [3.63, 3.8) is 0 Å². The normalized spacial score (nSPS) is 11.0. The Bertz CT molecular complexity index is 799. The van der Waals surface area contributed by atoms with Crippen molar-refractivity contribution >= 4 is 34.8 Å². The van der Waals surface area contributed by atoms with Crippen molar-refractivity contribution in [2.45, 2.75) is 13.5 Å². The lowest BCUT2D eigenvalue weighted by Crippen LogP contribution is -2.20. The van der Waals surface area contributed by atoms with E-state index in [-0.39, 0.29) is 0 Å². The van der Waals surface area contributed by atoms with Gasteiger partial charge in [-0.25, -0.2) is 4.98 Å². The van der Waals surface area contributed by atoms with Gasteiger partial charge in [0.2, 0.25) is 0 Å². The highest BCUT2D eigenvalue weighted by Gasteiger charge is 2.12. The molecule has 0 atom stereocenters. The molecular weight excluding hydrogens is 309 g/mol. The van der Waals surface area contributed by atoms with Crippen LogP contribution in [0.5, 0.6) is 0 Å². The molecule has 0 bridgehead atoms. The average molecular weight is 322 g/mol. The molecule has 21 heavy (non-hydrogen) atoms. The Morgan fingerprint density at radius 1 is 1.24 bits per heavy atom. The van der Waals surface area contributed by atoms with Gasteiger partial charge in [0.25, 0.3) is 5.78 Å². The molecule has 108 valence electrons. The monoisotopic (exact) mass is 321 g/mol. The van der Waals surface area contributed by atoms with Crippen LogP contribution in [0.3, 0.4) is 0 Å². The van der Waals surface area contributed by atoms with Crippen molar-refractivity contribution in [1.29, 1.82) is 0 Å². The molecule has 0 aliphatic carbocycles. The van der Waals surface area contributed by atoms with Crippen LogP contribution in [-0.2, 0) is 6.54 Å². The minimum absolute atomic E-state index is 0.582. The summed E-state index contributed by atoms with van der Waals surface area (Å²) < 4.78 is 1.71. The standard InChI is InChI=1S/C14H13Cl2N5/c1-9-5-13(21-14(19-9)17-8-18-21)20(2)7-10-3-4-11(15)6-12(10)16/h3-6,8H,7H2,1-2H3. The van der Waals surface area contributed by atoms with Crippen molar-refractivity contribution in [3.8, 4) is 0 Å². The van der Waals surface area contributed by atoms with Gasteiger partial charge in [0, 0.05) is 35.4 Å². The number of nitrogens with zero attached hydrogens (tertiary/aromatic N) is 5. The summed E-state index contributed by atoms with van der Waals surface area (Å²) in [5.74, 6) is 1.49. The van der Waals surface area contributed by atoms with Crippen LogP contribution >= 0.6 is 23.2 Å². The molecule has 0 aliphatic heterocycles. The SMILES string of the molecule is Cc1cc(N(C)Cc2ccc(Cl)cc2Cl)n2ncnc2n1. The fourth-order valence-corrected chi connectivity index (χ4v) is 2.64. The smallest absolute Gasteiger partial charge is 0.254 e. The summed E-state index contributed by atoms with van der Waals surface area (Å²) in [6, 6.07) is 7.47. The molecule has 5 nitrogen and oxygen atoms in total. The number of rotatable bonds is 3. The van der Waals surface area contributed by atoms with Crippen molar-refractivity contribution in [3.05, 3.63) is 51.9 Å². The van der Waals surface area contributed by atoms with Gasteiger partial charge in [-0.15, -0.1) is 0 Å². The molecule has 0 N–H and O–H groups in total. The number of benzene rings is 1. The van der Waals surface area contributed by atoms with E-state index in [4.69, 9.17) is 23.2 Å².